The standard InChI is InChI=1S/C13H17F2NO/c1-17-12-3-2-10(8-11(12)14)9-13(15)4-6-16-7-5-13/h2-3,8,16H,4-7,9H2,1H3. The fourth-order valence-corrected chi connectivity index (χ4v) is 2.24. The summed E-state index contributed by atoms with van der Waals surface area (Å²) in [6, 6.07) is 4.64. The Hall–Kier alpha value is -1.16. The smallest absolute Gasteiger partial charge is 0.165 e. The summed E-state index contributed by atoms with van der Waals surface area (Å²) in [4.78, 5) is 0. The largest absolute Gasteiger partial charge is 0.494 e. The van der Waals surface area contributed by atoms with Crippen molar-refractivity contribution < 1.29 is 13.5 Å². The Labute approximate surface area is 100.0 Å². The van der Waals surface area contributed by atoms with E-state index >= 15 is 0 Å². The number of halogens is 2. The summed E-state index contributed by atoms with van der Waals surface area (Å²) in [6.45, 7) is 1.38. The molecule has 0 atom stereocenters. The molecule has 1 aromatic rings. The average molecular weight is 241 g/mol. The molecule has 0 amide bonds. The van der Waals surface area contributed by atoms with Gasteiger partial charge in [-0.25, -0.2) is 8.78 Å². The molecule has 1 fully saturated rings. The monoisotopic (exact) mass is 241 g/mol. The normalized spacial score (nSPS) is 19.0. The highest BCUT2D eigenvalue weighted by atomic mass is 19.1. The molecule has 1 aliphatic rings. The molecule has 0 saturated carbocycles. The fourth-order valence-electron chi connectivity index (χ4n) is 2.24. The average Bonchev–Trinajstić information content (AvgIpc) is 2.29. The van der Waals surface area contributed by atoms with Gasteiger partial charge in [-0.05, 0) is 43.6 Å². The second-order valence-electron chi connectivity index (χ2n) is 4.55. The topological polar surface area (TPSA) is 21.3 Å². The van der Waals surface area contributed by atoms with Crippen molar-refractivity contribution >= 4 is 0 Å². The van der Waals surface area contributed by atoms with E-state index in [4.69, 9.17) is 4.74 Å². The molecule has 1 heterocycles. The first-order chi connectivity index (χ1) is 8.13. The van der Waals surface area contributed by atoms with Gasteiger partial charge >= 0.3 is 0 Å². The van der Waals surface area contributed by atoms with Crippen molar-refractivity contribution in [2.24, 2.45) is 0 Å². The van der Waals surface area contributed by atoms with Gasteiger partial charge in [0.05, 0.1) is 7.11 Å². The summed E-state index contributed by atoms with van der Waals surface area (Å²) in [7, 11) is 1.42. The van der Waals surface area contributed by atoms with Gasteiger partial charge in [-0.2, -0.15) is 0 Å². The quantitative estimate of drug-likeness (QED) is 0.877. The molecule has 17 heavy (non-hydrogen) atoms. The van der Waals surface area contributed by atoms with E-state index in [2.05, 4.69) is 5.32 Å². The summed E-state index contributed by atoms with van der Waals surface area (Å²) in [5, 5.41) is 3.12. The predicted molar refractivity (Wildman–Crippen MR) is 62.6 cm³/mol. The minimum atomic E-state index is -1.20. The summed E-state index contributed by atoms with van der Waals surface area (Å²) in [6.07, 6.45) is 1.25. The van der Waals surface area contributed by atoms with E-state index in [0.29, 0.717) is 31.5 Å². The highest BCUT2D eigenvalue weighted by Crippen LogP contribution is 2.29. The van der Waals surface area contributed by atoms with E-state index in [1.54, 1.807) is 12.1 Å². The van der Waals surface area contributed by atoms with Gasteiger partial charge < -0.3 is 10.1 Å². The zero-order valence-corrected chi connectivity index (χ0v) is 9.93. The summed E-state index contributed by atoms with van der Waals surface area (Å²) in [5.74, 6) is -0.227. The zero-order chi connectivity index (χ0) is 12.3. The maximum Gasteiger partial charge on any atom is 0.165 e. The number of rotatable bonds is 3. The van der Waals surface area contributed by atoms with Crippen molar-refractivity contribution in [2.45, 2.75) is 24.9 Å². The molecular formula is C13H17F2NO. The highest BCUT2D eigenvalue weighted by Gasteiger charge is 2.31. The molecule has 1 aliphatic heterocycles. The zero-order valence-electron chi connectivity index (χ0n) is 9.93. The summed E-state index contributed by atoms with van der Waals surface area (Å²) >= 11 is 0. The minimum Gasteiger partial charge on any atom is -0.494 e. The molecule has 0 radical (unpaired) electrons. The van der Waals surface area contributed by atoms with E-state index in [9.17, 15) is 8.78 Å². The van der Waals surface area contributed by atoms with Gasteiger partial charge in [-0.15, -0.1) is 0 Å². The molecule has 1 N–H and O–H groups in total. The minimum absolute atomic E-state index is 0.201. The van der Waals surface area contributed by atoms with Crippen LogP contribution in [0.4, 0.5) is 8.78 Å². The number of piperidine rings is 1. The number of hydrogen-bond donors (Lipinski definition) is 1. The number of nitrogens with one attached hydrogen (secondary N) is 1. The summed E-state index contributed by atoms with van der Waals surface area (Å²) < 4.78 is 32.7. The molecule has 4 heteroatoms. The Bertz CT molecular complexity index is 389. The lowest BCUT2D eigenvalue weighted by Gasteiger charge is -2.30. The van der Waals surface area contributed by atoms with Gasteiger partial charge in [0.2, 0.25) is 0 Å². The van der Waals surface area contributed by atoms with Crippen LogP contribution in [-0.2, 0) is 6.42 Å². The lowest BCUT2D eigenvalue weighted by atomic mass is 9.88. The second kappa shape index (κ2) is 5.00. The maximum absolute atomic E-state index is 14.4. The van der Waals surface area contributed by atoms with Crippen LogP contribution in [0.1, 0.15) is 18.4 Å². The van der Waals surface area contributed by atoms with Crippen LogP contribution in [0.25, 0.3) is 0 Å². The lowest BCUT2D eigenvalue weighted by molar-refractivity contribution is 0.116. The molecular weight excluding hydrogens is 224 g/mol. The van der Waals surface area contributed by atoms with Crippen molar-refractivity contribution in [1.29, 1.82) is 0 Å². The molecule has 0 unspecified atom stereocenters. The van der Waals surface area contributed by atoms with Crippen molar-refractivity contribution in [2.75, 3.05) is 20.2 Å². The molecule has 1 aromatic carbocycles. The highest BCUT2D eigenvalue weighted by molar-refractivity contribution is 5.30. The third-order valence-corrected chi connectivity index (χ3v) is 3.24. The van der Waals surface area contributed by atoms with Crippen LogP contribution in [0.3, 0.4) is 0 Å². The summed E-state index contributed by atoms with van der Waals surface area (Å²) in [5.41, 5.74) is -0.514. The van der Waals surface area contributed by atoms with Gasteiger partial charge in [-0.3, -0.25) is 0 Å². The number of hydrogen-bond acceptors (Lipinski definition) is 2. The Balaban J connectivity index is 2.10. The molecule has 2 nitrogen and oxygen atoms in total. The first-order valence-electron chi connectivity index (χ1n) is 5.85. The second-order valence-corrected chi connectivity index (χ2v) is 4.55. The van der Waals surface area contributed by atoms with Gasteiger partial charge in [-0.1, -0.05) is 6.07 Å². The Kier molecular flexibility index (Phi) is 3.62. The van der Waals surface area contributed by atoms with Gasteiger partial charge in [0.15, 0.2) is 11.6 Å². The molecule has 0 bridgehead atoms. The van der Waals surface area contributed by atoms with Crippen LogP contribution in [0.5, 0.6) is 5.75 Å². The number of alkyl halides is 1. The van der Waals surface area contributed by atoms with Crippen LogP contribution in [0.2, 0.25) is 0 Å². The van der Waals surface area contributed by atoms with Crippen molar-refractivity contribution in [1.82, 2.24) is 5.32 Å². The van der Waals surface area contributed by atoms with E-state index in [1.807, 2.05) is 0 Å². The Morgan fingerprint density at radius 3 is 2.65 bits per heavy atom. The van der Waals surface area contributed by atoms with Gasteiger partial charge in [0.25, 0.3) is 0 Å². The molecule has 0 spiro atoms. The molecule has 0 aromatic heterocycles. The Morgan fingerprint density at radius 2 is 2.06 bits per heavy atom. The third-order valence-electron chi connectivity index (χ3n) is 3.24. The number of methoxy groups -OCH3 is 1. The van der Waals surface area contributed by atoms with E-state index in [1.165, 1.54) is 13.2 Å². The maximum atomic E-state index is 14.4. The van der Waals surface area contributed by atoms with Crippen LogP contribution < -0.4 is 10.1 Å². The van der Waals surface area contributed by atoms with E-state index in [-0.39, 0.29) is 12.2 Å². The molecule has 0 aliphatic carbocycles. The third kappa shape index (κ3) is 2.94. The molecule has 94 valence electrons. The first kappa shape index (κ1) is 12.3. The number of benzene rings is 1. The predicted octanol–water partition coefficient (Wildman–Crippen LogP) is 2.47. The fraction of sp³-hybridized carbons (Fsp3) is 0.538. The Morgan fingerprint density at radius 1 is 1.35 bits per heavy atom. The van der Waals surface area contributed by atoms with Crippen molar-refractivity contribution in [3.8, 4) is 5.75 Å². The van der Waals surface area contributed by atoms with E-state index < -0.39 is 11.5 Å². The molecule has 1 saturated heterocycles. The van der Waals surface area contributed by atoms with Crippen LogP contribution in [0, 0.1) is 5.82 Å². The van der Waals surface area contributed by atoms with Crippen LogP contribution >= 0.6 is 0 Å². The lowest BCUT2D eigenvalue weighted by Crippen LogP contribution is -2.40. The van der Waals surface area contributed by atoms with E-state index in [0.717, 1.165) is 0 Å². The number of ether oxygens (including phenoxy) is 1. The SMILES string of the molecule is COc1ccc(CC2(F)CCNCC2)cc1F. The molecule has 2 rings (SSSR count). The van der Waals surface area contributed by atoms with Crippen LogP contribution in [-0.4, -0.2) is 25.9 Å². The van der Waals surface area contributed by atoms with Crippen LogP contribution in [0.15, 0.2) is 18.2 Å². The van der Waals surface area contributed by atoms with Gasteiger partial charge in [0, 0.05) is 6.42 Å². The van der Waals surface area contributed by atoms with Crippen molar-refractivity contribution in [3.05, 3.63) is 29.6 Å². The first-order valence-corrected chi connectivity index (χ1v) is 5.85. The van der Waals surface area contributed by atoms with Crippen molar-refractivity contribution in [3.63, 3.8) is 0 Å². The van der Waals surface area contributed by atoms with Gasteiger partial charge in [0.1, 0.15) is 5.67 Å².